The molecule has 1 N–H and O–H groups in total. The third-order valence-electron chi connectivity index (χ3n) is 3.06. The van der Waals surface area contributed by atoms with Gasteiger partial charge in [0.1, 0.15) is 0 Å². The lowest BCUT2D eigenvalue weighted by molar-refractivity contribution is 0.147. The second-order valence-electron chi connectivity index (χ2n) is 4.37. The van der Waals surface area contributed by atoms with E-state index in [1.165, 1.54) is 5.56 Å². The molecule has 0 fully saturated rings. The number of aromatic nitrogens is 2. The number of hydrogen-bond acceptors (Lipinski definition) is 4. The van der Waals surface area contributed by atoms with Crippen LogP contribution in [0.25, 0.3) is 0 Å². The number of thiophene rings is 1. The number of ether oxygens (including phenoxy) is 1. The zero-order chi connectivity index (χ0) is 13.5. The number of nitrogens with one attached hydrogen (secondary N) is 1. The zero-order valence-corrected chi connectivity index (χ0v) is 12.3. The highest BCUT2D eigenvalue weighted by Crippen LogP contribution is 2.23. The van der Waals surface area contributed by atoms with E-state index >= 15 is 0 Å². The van der Waals surface area contributed by atoms with Gasteiger partial charge >= 0.3 is 0 Å². The van der Waals surface area contributed by atoms with Gasteiger partial charge in [-0.15, -0.1) is 0 Å². The third-order valence-corrected chi connectivity index (χ3v) is 3.77. The lowest BCUT2D eigenvalue weighted by Crippen LogP contribution is -2.13. The summed E-state index contributed by atoms with van der Waals surface area (Å²) < 4.78 is 7.49. The number of hydrogen-bond donors (Lipinski definition) is 1. The molecule has 0 amide bonds. The minimum atomic E-state index is 0.308. The van der Waals surface area contributed by atoms with Crippen LogP contribution in [0.1, 0.15) is 31.9 Å². The van der Waals surface area contributed by atoms with Crippen molar-refractivity contribution in [1.29, 1.82) is 0 Å². The number of rotatable bonds is 8. The Morgan fingerprint density at radius 3 is 3.16 bits per heavy atom. The van der Waals surface area contributed by atoms with E-state index in [9.17, 15) is 0 Å². The summed E-state index contributed by atoms with van der Waals surface area (Å²) in [6, 6.07) is 2.47. The van der Waals surface area contributed by atoms with Crippen LogP contribution in [0.4, 0.5) is 5.95 Å². The van der Waals surface area contributed by atoms with Crippen molar-refractivity contribution in [1.82, 2.24) is 9.55 Å². The number of anilines is 1. The molecule has 0 saturated carbocycles. The molecule has 0 aliphatic rings. The molecule has 2 aromatic rings. The summed E-state index contributed by atoms with van der Waals surface area (Å²) in [7, 11) is 0. The number of imidazole rings is 1. The summed E-state index contributed by atoms with van der Waals surface area (Å²) in [5, 5.41) is 7.66. The summed E-state index contributed by atoms with van der Waals surface area (Å²) in [5.74, 6) is 0.926. The van der Waals surface area contributed by atoms with E-state index in [0.29, 0.717) is 6.04 Å². The SMILES string of the molecule is CCOCCCNc1nccn1C(C)c1ccsc1. The second kappa shape index (κ2) is 7.31. The Bertz CT molecular complexity index is 467. The fourth-order valence-electron chi connectivity index (χ4n) is 1.95. The molecule has 104 valence electrons. The van der Waals surface area contributed by atoms with Crippen LogP contribution in [0.5, 0.6) is 0 Å². The highest BCUT2D eigenvalue weighted by atomic mass is 32.1. The van der Waals surface area contributed by atoms with Crippen molar-refractivity contribution in [3.05, 3.63) is 34.8 Å². The molecule has 0 saturated heterocycles. The summed E-state index contributed by atoms with van der Waals surface area (Å²) >= 11 is 1.73. The smallest absolute Gasteiger partial charge is 0.203 e. The topological polar surface area (TPSA) is 39.1 Å². The van der Waals surface area contributed by atoms with Crippen LogP contribution in [0, 0.1) is 0 Å². The maximum absolute atomic E-state index is 5.32. The van der Waals surface area contributed by atoms with Gasteiger partial charge in [-0.25, -0.2) is 4.98 Å². The van der Waals surface area contributed by atoms with Crippen molar-refractivity contribution < 1.29 is 4.74 Å². The van der Waals surface area contributed by atoms with Gasteiger partial charge in [0.05, 0.1) is 6.04 Å². The lowest BCUT2D eigenvalue weighted by atomic mass is 10.2. The molecule has 2 rings (SSSR count). The Kier molecular flexibility index (Phi) is 5.42. The largest absolute Gasteiger partial charge is 0.382 e. The van der Waals surface area contributed by atoms with Crippen molar-refractivity contribution >= 4 is 17.3 Å². The van der Waals surface area contributed by atoms with Crippen LogP contribution in [0.2, 0.25) is 0 Å². The van der Waals surface area contributed by atoms with E-state index in [-0.39, 0.29) is 0 Å². The van der Waals surface area contributed by atoms with Gasteiger partial charge < -0.3 is 14.6 Å². The molecule has 1 unspecified atom stereocenters. The van der Waals surface area contributed by atoms with E-state index in [4.69, 9.17) is 4.74 Å². The van der Waals surface area contributed by atoms with Crippen molar-refractivity contribution in [3.8, 4) is 0 Å². The molecule has 5 heteroatoms. The average molecular weight is 279 g/mol. The van der Waals surface area contributed by atoms with Crippen LogP contribution in [-0.4, -0.2) is 29.3 Å². The van der Waals surface area contributed by atoms with Crippen molar-refractivity contribution in [2.24, 2.45) is 0 Å². The molecule has 1 atom stereocenters. The fraction of sp³-hybridized carbons (Fsp3) is 0.500. The second-order valence-corrected chi connectivity index (χ2v) is 5.15. The Morgan fingerprint density at radius 1 is 1.53 bits per heavy atom. The van der Waals surface area contributed by atoms with Gasteiger partial charge in [0, 0.05) is 32.2 Å². The highest BCUT2D eigenvalue weighted by Gasteiger charge is 2.11. The van der Waals surface area contributed by atoms with Gasteiger partial charge in [0.25, 0.3) is 0 Å². The van der Waals surface area contributed by atoms with Crippen LogP contribution < -0.4 is 5.32 Å². The van der Waals surface area contributed by atoms with Crippen LogP contribution in [-0.2, 0) is 4.74 Å². The molecule has 2 heterocycles. The molecular formula is C14H21N3OS. The summed E-state index contributed by atoms with van der Waals surface area (Å²) in [6.07, 6.45) is 4.86. The molecule has 4 nitrogen and oxygen atoms in total. The Hall–Kier alpha value is -1.33. The molecular weight excluding hydrogens is 258 g/mol. The predicted octanol–water partition coefficient (Wildman–Crippen LogP) is 3.39. The quantitative estimate of drug-likeness (QED) is 0.753. The van der Waals surface area contributed by atoms with Gasteiger partial charge in [-0.05, 0) is 42.7 Å². The third kappa shape index (κ3) is 3.81. The summed E-state index contributed by atoms with van der Waals surface area (Å²) in [4.78, 5) is 4.38. The predicted molar refractivity (Wildman–Crippen MR) is 80.0 cm³/mol. The van der Waals surface area contributed by atoms with E-state index in [1.54, 1.807) is 11.3 Å². The standard InChI is InChI=1S/C14H21N3OS/c1-3-18-9-4-6-15-14-16-7-8-17(14)12(2)13-5-10-19-11-13/h5,7-8,10-12H,3-4,6,9H2,1-2H3,(H,15,16). The van der Waals surface area contributed by atoms with E-state index in [1.807, 2.05) is 19.3 Å². The molecule has 19 heavy (non-hydrogen) atoms. The van der Waals surface area contributed by atoms with Gasteiger partial charge in [-0.1, -0.05) is 0 Å². The first-order valence-electron chi connectivity index (χ1n) is 6.69. The van der Waals surface area contributed by atoms with Gasteiger partial charge in [-0.2, -0.15) is 11.3 Å². The highest BCUT2D eigenvalue weighted by molar-refractivity contribution is 7.07. The zero-order valence-electron chi connectivity index (χ0n) is 11.5. The average Bonchev–Trinajstić information content (AvgIpc) is 3.09. The van der Waals surface area contributed by atoms with Gasteiger partial charge in [-0.3, -0.25) is 0 Å². The summed E-state index contributed by atoms with van der Waals surface area (Å²) in [5.41, 5.74) is 1.32. The van der Waals surface area contributed by atoms with Crippen molar-refractivity contribution in [2.75, 3.05) is 25.1 Å². The first-order chi connectivity index (χ1) is 9.33. The monoisotopic (exact) mass is 279 g/mol. The van der Waals surface area contributed by atoms with Crippen molar-refractivity contribution in [2.45, 2.75) is 26.3 Å². The molecule has 2 aromatic heterocycles. The van der Waals surface area contributed by atoms with E-state index in [2.05, 4.69) is 38.6 Å². The minimum absolute atomic E-state index is 0.308. The first-order valence-corrected chi connectivity index (χ1v) is 7.63. The minimum Gasteiger partial charge on any atom is -0.382 e. The molecule has 0 aliphatic heterocycles. The van der Waals surface area contributed by atoms with Crippen LogP contribution >= 0.6 is 11.3 Å². The van der Waals surface area contributed by atoms with E-state index < -0.39 is 0 Å². The molecule has 0 bridgehead atoms. The van der Waals surface area contributed by atoms with Crippen LogP contribution in [0.15, 0.2) is 29.2 Å². The molecule has 0 spiro atoms. The molecule has 0 radical (unpaired) electrons. The van der Waals surface area contributed by atoms with Gasteiger partial charge in [0.2, 0.25) is 5.95 Å². The van der Waals surface area contributed by atoms with E-state index in [0.717, 1.165) is 32.1 Å². The summed E-state index contributed by atoms with van der Waals surface area (Å²) in [6.45, 7) is 6.67. The van der Waals surface area contributed by atoms with Gasteiger partial charge in [0.15, 0.2) is 0 Å². The lowest BCUT2D eigenvalue weighted by Gasteiger charge is -2.16. The normalized spacial score (nSPS) is 12.5. The van der Waals surface area contributed by atoms with Crippen molar-refractivity contribution in [3.63, 3.8) is 0 Å². The Morgan fingerprint density at radius 2 is 2.42 bits per heavy atom. The molecule has 0 aliphatic carbocycles. The Balaban J connectivity index is 1.90. The first kappa shape index (κ1) is 14.1. The maximum atomic E-state index is 5.32. The fourth-order valence-corrected chi connectivity index (χ4v) is 2.70. The maximum Gasteiger partial charge on any atom is 0.203 e. The van der Waals surface area contributed by atoms with Crippen LogP contribution in [0.3, 0.4) is 0 Å². The number of nitrogens with zero attached hydrogens (tertiary/aromatic N) is 2. The Labute approximate surface area is 118 Å². The molecule has 0 aromatic carbocycles.